The predicted octanol–water partition coefficient (Wildman–Crippen LogP) is 15.2. The molecule has 0 N–H and O–H groups in total. The molecule has 0 saturated heterocycles. The first-order valence-corrected chi connectivity index (χ1v) is 23.4. The monoisotopic (exact) mass is 817 g/mol. The Bertz CT molecular complexity index is 1260. The van der Waals surface area contributed by atoms with Crippen LogP contribution in [-0.2, 0) is 28.6 Å². The van der Waals surface area contributed by atoms with Crippen molar-refractivity contribution in [2.24, 2.45) is 0 Å². The van der Waals surface area contributed by atoms with E-state index in [0.717, 1.165) is 135 Å². The molecule has 6 nitrogen and oxygen atoms in total. The second-order valence-corrected chi connectivity index (χ2v) is 14.9. The average molecular weight is 817 g/mol. The Morgan fingerprint density at radius 3 is 1.14 bits per heavy atom. The number of hydrogen-bond donors (Lipinski definition) is 0. The number of ether oxygens (including phenoxy) is 3. The number of rotatable bonds is 40. The number of unbranched alkanes of at least 4 members (excludes halogenated alkanes) is 12. The van der Waals surface area contributed by atoms with Gasteiger partial charge in [0.05, 0.1) is 0 Å². The van der Waals surface area contributed by atoms with Crippen LogP contribution in [0.3, 0.4) is 0 Å². The zero-order valence-corrected chi connectivity index (χ0v) is 37.7. The van der Waals surface area contributed by atoms with E-state index in [4.69, 9.17) is 14.2 Å². The van der Waals surface area contributed by atoms with E-state index in [1.165, 1.54) is 12.8 Å². The Hall–Kier alpha value is -3.93. The molecule has 332 valence electrons. The van der Waals surface area contributed by atoms with Crippen molar-refractivity contribution in [3.8, 4) is 0 Å². The summed E-state index contributed by atoms with van der Waals surface area (Å²) in [6.07, 6.45) is 62.1. The molecule has 1 unspecified atom stereocenters. The van der Waals surface area contributed by atoms with Crippen LogP contribution in [-0.4, -0.2) is 37.2 Å². The zero-order valence-electron chi connectivity index (χ0n) is 37.7. The van der Waals surface area contributed by atoms with Crippen molar-refractivity contribution in [1.82, 2.24) is 0 Å². The summed E-state index contributed by atoms with van der Waals surface area (Å²) < 4.78 is 16.7. The minimum atomic E-state index is -0.814. The second kappa shape index (κ2) is 46.8. The van der Waals surface area contributed by atoms with E-state index >= 15 is 0 Å². The molecular formula is C53H84O6. The van der Waals surface area contributed by atoms with Gasteiger partial charge in [-0.15, -0.1) is 0 Å². The predicted molar refractivity (Wildman–Crippen MR) is 251 cm³/mol. The Morgan fingerprint density at radius 2 is 0.712 bits per heavy atom. The van der Waals surface area contributed by atoms with Gasteiger partial charge in [-0.3, -0.25) is 14.4 Å². The minimum absolute atomic E-state index is 0.114. The second-order valence-electron chi connectivity index (χ2n) is 14.9. The number of hydrogen-bond acceptors (Lipinski definition) is 6. The number of esters is 3. The van der Waals surface area contributed by atoms with E-state index in [-0.39, 0.29) is 37.5 Å². The lowest BCUT2D eigenvalue weighted by atomic mass is 10.1. The lowest BCUT2D eigenvalue weighted by Crippen LogP contribution is -2.30. The van der Waals surface area contributed by atoms with Crippen LogP contribution in [0.4, 0.5) is 0 Å². The molecule has 59 heavy (non-hydrogen) atoms. The summed E-state index contributed by atoms with van der Waals surface area (Å²) in [7, 11) is 0. The maximum absolute atomic E-state index is 12.7. The van der Waals surface area contributed by atoms with E-state index < -0.39 is 6.10 Å². The van der Waals surface area contributed by atoms with Crippen molar-refractivity contribution >= 4 is 17.9 Å². The van der Waals surface area contributed by atoms with Gasteiger partial charge in [-0.1, -0.05) is 169 Å². The maximum atomic E-state index is 12.7. The van der Waals surface area contributed by atoms with Crippen LogP contribution >= 0.6 is 0 Å². The van der Waals surface area contributed by atoms with Gasteiger partial charge in [-0.05, 0) is 109 Å². The standard InChI is InChI=1S/C53H84O6/c1-4-7-10-13-16-19-22-24-26-27-29-31-34-37-40-43-46-52(55)58-49-50(48-57-51(54)45-42-39-36-33-30-21-18-15-12-9-6-3)59-53(56)47-44-41-38-35-32-28-25-23-20-17-14-11-8-5-2/h7-8,10-11,15-21,24-26,28-31,50H,4-6,9,12-14,22-23,27,32-49H2,1-3H3/b10-7-,11-8-,18-15-,19-16-,20-17-,26-24-,28-25-,30-21-,31-29-. The van der Waals surface area contributed by atoms with Crippen molar-refractivity contribution in [3.05, 3.63) is 109 Å². The molecule has 0 aromatic heterocycles. The van der Waals surface area contributed by atoms with Gasteiger partial charge in [-0.25, -0.2) is 0 Å². The topological polar surface area (TPSA) is 78.9 Å². The lowest BCUT2D eigenvalue weighted by molar-refractivity contribution is -0.167. The van der Waals surface area contributed by atoms with Crippen LogP contribution < -0.4 is 0 Å². The van der Waals surface area contributed by atoms with Crippen LogP contribution in [0.15, 0.2) is 109 Å². The van der Waals surface area contributed by atoms with E-state index in [9.17, 15) is 14.4 Å². The van der Waals surface area contributed by atoms with Crippen LogP contribution in [0.25, 0.3) is 0 Å². The first-order valence-electron chi connectivity index (χ1n) is 23.4. The normalized spacial score (nSPS) is 13.1. The SMILES string of the molecule is CC/C=C\C/C=C\C/C=C\C/C=C\CCCCCC(=O)OCC(COC(=O)CCCCC/C=C\C=C/CCCC)OC(=O)CCCCCC/C=C\C/C=C\C/C=C\CC. The van der Waals surface area contributed by atoms with E-state index in [2.05, 4.69) is 130 Å². The molecule has 0 fully saturated rings. The Morgan fingerprint density at radius 1 is 0.373 bits per heavy atom. The molecule has 1 atom stereocenters. The molecule has 0 bridgehead atoms. The van der Waals surface area contributed by atoms with Gasteiger partial charge in [-0.2, -0.15) is 0 Å². The van der Waals surface area contributed by atoms with Crippen molar-refractivity contribution in [1.29, 1.82) is 0 Å². The highest BCUT2D eigenvalue weighted by molar-refractivity contribution is 5.71. The summed E-state index contributed by atoms with van der Waals surface area (Å²) in [5.41, 5.74) is 0. The lowest BCUT2D eigenvalue weighted by Gasteiger charge is -2.18. The van der Waals surface area contributed by atoms with Gasteiger partial charge in [0.15, 0.2) is 6.10 Å². The van der Waals surface area contributed by atoms with Gasteiger partial charge in [0, 0.05) is 19.3 Å². The highest BCUT2D eigenvalue weighted by Gasteiger charge is 2.19. The van der Waals surface area contributed by atoms with Crippen molar-refractivity contribution in [3.63, 3.8) is 0 Å². The fourth-order valence-electron chi connectivity index (χ4n) is 5.77. The Balaban J connectivity index is 4.53. The van der Waals surface area contributed by atoms with Gasteiger partial charge in [0.25, 0.3) is 0 Å². The summed E-state index contributed by atoms with van der Waals surface area (Å²) in [5.74, 6) is -1.01. The molecular weight excluding hydrogens is 733 g/mol. The highest BCUT2D eigenvalue weighted by Crippen LogP contribution is 2.11. The molecule has 0 amide bonds. The largest absolute Gasteiger partial charge is 0.462 e. The first kappa shape index (κ1) is 55.1. The number of allylic oxidation sites excluding steroid dienone is 18. The first-order chi connectivity index (χ1) is 29.0. The summed E-state index contributed by atoms with van der Waals surface area (Å²) in [4.78, 5) is 37.8. The fourth-order valence-corrected chi connectivity index (χ4v) is 5.77. The summed E-state index contributed by atoms with van der Waals surface area (Å²) in [5, 5.41) is 0. The average Bonchev–Trinajstić information content (AvgIpc) is 3.23. The molecule has 0 aromatic rings. The third kappa shape index (κ3) is 45.0. The van der Waals surface area contributed by atoms with Crippen molar-refractivity contribution in [2.45, 2.75) is 194 Å². The van der Waals surface area contributed by atoms with Crippen molar-refractivity contribution in [2.75, 3.05) is 13.2 Å². The fraction of sp³-hybridized carbons (Fsp3) is 0.604. The molecule has 0 spiro atoms. The van der Waals surface area contributed by atoms with Gasteiger partial charge in [0.1, 0.15) is 13.2 Å². The Kier molecular flexibility index (Phi) is 43.6. The molecule has 0 heterocycles. The van der Waals surface area contributed by atoms with Crippen molar-refractivity contribution < 1.29 is 28.6 Å². The van der Waals surface area contributed by atoms with E-state index in [1.807, 2.05) is 0 Å². The number of carbonyl (C=O) groups excluding carboxylic acids is 3. The van der Waals surface area contributed by atoms with E-state index in [0.29, 0.717) is 12.8 Å². The van der Waals surface area contributed by atoms with Crippen LogP contribution in [0.2, 0.25) is 0 Å². The molecule has 0 aliphatic carbocycles. The van der Waals surface area contributed by atoms with Gasteiger partial charge >= 0.3 is 17.9 Å². The molecule has 6 heteroatoms. The van der Waals surface area contributed by atoms with Gasteiger partial charge in [0.2, 0.25) is 0 Å². The summed E-state index contributed by atoms with van der Waals surface area (Å²) in [6, 6.07) is 0. The van der Waals surface area contributed by atoms with Gasteiger partial charge < -0.3 is 14.2 Å². The number of carbonyl (C=O) groups is 3. The third-order valence-electron chi connectivity index (χ3n) is 9.27. The van der Waals surface area contributed by atoms with Crippen LogP contribution in [0.1, 0.15) is 188 Å². The third-order valence-corrected chi connectivity index (χ3v) is 9.27. The summed E-state index contributed by atoms with van der Waals surface area (Å²) in [6.45, 7) is 6.25. The maximum Gasteiger partial charge on any atom is 0.306 e. The Labute approximate surface area is 361 Å². The minimum Gasteiger partial charge on any atom is -0.462 e. The van der Waals surface area contributed by atoms with Crippen LogP contribution in [0, 0.1) is 0 Å². The molecule has 0 aliphatic rings. The summed E-state index contributed by atoms with van der Waals surface area (Å²) >= 11 is 0. The highest BCUT2D eigenvalue weighted by atomic mass is 16.6. The van der Waals surface area contributed by atoms with E-state index in [1.54, 1.807) is 0 Å². The zero-order chi connectivity index (χ0) is 43.0. The quantitative estimate of drug-likeness (QED) is 0.0201. The van der Waals surface area contributed by atoms with Crippen LogP contribution in [0.5, 0.6) is 0 Å². The smallest absolute Gasteiger partial charge is 0.306 e. The molecule has 0 saturated carbocycles. The molecule has 0 aromatic carbocycles. The molecule has 0 radical (unpaired) electrons. The molecule has 0 aliphatic heterocycles. The molecule has 0 rings (SSSR count).